The highest BCUT2D eigenvalue weighted by Gasteiger charge is 2.38. The molecule has 4 nitrogen and oxygen atoms in total. The summed E-state index contributed by atoms with van der Waals surface area (Å²) in [6, 6.07) is 7.19. The zero-order chi connectivity index (χ0) is 15.8. The third-order valence-corrected chi connectivity index (χ3v) is 4.56. The lowest BCUT2D eigenvalue weighted by Gasteiger charge is -2.38. The molecule has 2 rings (SSSR count). The molecule has 0 aliphatic carbocycles. The number of carbonyl (C=O) groups excluding carboxylic acids is 3. The molecule has 0 aromatic heterocycles. The van der Waals surface area contributed by atoms with Crippen LogP contribution in [0.25, 0.3) is 0 Å². The standard InChI is InChI=1S/C17H19NO3/c1-16(2,11-19)17(3,4)12-5-7-13(8-6-12)18-14(20)9-10-15(18)21/h5-11H,1-4H3. The summed E-state index contributed by atoms with van der Waals surface area (Å²) >= 11 is 0. The zero-order valence-corrected chi connectivity index (χ0v) is 12.7. The van der Waals surface area contributed by atoms with Crippen molar-refractivity contribution in [3.8, 4) is 0 Å². The minimum absolute atomic E-state index is 0.333. The Morgan fingerprint density at radius 3 is 1.81 bits per heavy atom. The van der Waals surface area contributed by atoms with Crippen LogP contribution in [0.15, 0.2) is 36.4 Å². The van der Waals surface area contributed by atoms with E-state index in [0.29, 0.717) is 5.69 Å². The number of benzene rings is 1. The summed E-state index contributed by atoms with van der Waals surface area (Å²) in [5.74, 6) is -0.666. The molecular weight excluding hydrogens is 266 g/mol. The fourth-order valence-electron chi connectivity index (χ4n) is 2.20. The fraction of sp³-hybridized carbons (Fsp3) is 0.353. The number of hydrogen-bond acceptors (Lipinski definition) is 3. The molecule has 1 aromatic rings. The van der Waals surface area contributed by atoms with Crippen molar-refractivity contribution in [1.82, 2.24) is 0 Å². The Kier molecular flexibility index (Phi) is 3.58. The van der Waals surface area contributed by atoms with Gasteiger partial charge in [0.25, 0.3) is 11.8 Å². The van der Waals surface area contributed by atoms with E-state index in [1.165, 1.54) is 12.2 Å². The normalized spacial score (nSPS) is 15.7. The molecule has 1 heterocycles. The molecule has 110 valence electrons. The highest BCUT2D eigenvalue weighted by molar-refractivity contribution is 6.28. The van der Waals surface area contributed by atoms with Gasteiger partial charge in [-0.2, -0.15) is 0 Å². The summed E-state index contributed by atoms with van der Waals surface area (Å²) in [5, 5.41) is 0. The minimum atomic E-state index is -0.518. The molecule has 0 fully saturated rings. The predicted molar refractivity (Wildman–Crippen MR) is 80.9 cm³/mol. The van der Waals surface area contributed by atoms with Crippen molar-refractivity contribution in [2.24, 2.45) is 5.41 Å². The van der Waals surface area contributed by atoms with Crippen molar-refractivity contribution in [2.45, 2.75) is 33.1 Å². The summed E-state index contributed by atoms with van der Waals surface area (Å²) in [6.45, 7) is 7.80. The van der Waals surface area contributed by atoms with Crippen LogP contribution in [0.3, 0.4) is 0 Å². The molecule has 4 heteroatoms. The van der Waals surface area contributed by atoms with Gasteiger partial charge in [0.15, 0.2) is 0 Å². The Bertz CT molecular complexity index is 606. The van der Waals surface area contributed by atoms with Gasteiger partial charge in [-0.15, -0.1) is 0 Å². The van der Waals surface area contributed by atoms with Crippen LogP contribution in [0, 0.1) is 5.41 Å². The molecule has 1 aliphatic rings. The highest BCUT2D eigenvalue weighted by atomic mass is 16.2. The van der Waals surface area contributed by atoms with E-state index in [0.717, 1.165) is 16.7 Å². The Labute approximate surface area is 124 Å². The lowest BCUT2D eigenvalue weighted by Crippen LogP contribution is -2.38. The number of anilines is 1. The van der Waals surface area contributed by atoms with E-state index in [-0.39, 0.29) is 17.2 Å². The second-order valence-electron chi connectivity index (χ2n) is 6.36. The third-order valence-electron chi connectivity index (χ3n) is 4.56. The second kappa shape index (κ2) is 4.95. The lowest BCUT2D eigenvalue weighted by atomic mass is 9.65. The van der Waals surface area contributed by atoms with Crippen LogP contribution < -0.4 is 4.90 Å². The summed E-state index contributed by atoms with van der Waals surface area (Å²) in [4.78, 5) is 35.7. The van der Waals surface area contributed by atoms with Crippen LogP contribution in [0.4, 0.5) is 5.69 Å². The molecular formula is C17H19NO3. The van der Waals surface area contributed by atoms with Crippen molar-refractivity contribution >= 4 is 23.8 Å². The first-order valence-corrected chi connectivity index (χ1v) is 6.84. The van der Waals surface area contributed by atoms with E-state index in [1.807, 2.05) is 39.8 Å². The number of rotatable bonds is 4. The Balaban J connectivity index is 2.34. The summed E-state index contributed by atoms with van der Waals surface area (Å²) < 4.78 is 0. The van der Waals surface area contributed by atoms with Crippen LogP contribution in [-0.4, -0.2) is 18.1 Å². The Morgan fingerprint density at radius 2 is 1.38 bits per heavy atom. The highest BCUT2D eigenvalue weighted by Crippen LogP contribution is 2.40. The van der Waals surface area contributed by atoms with Gasteiger partial charge in [-0.05, 0) is 17.7 Å². The van der Waals surface area contributed by atoms with Crippen LogP contribution in [0.2, 0.25) is 0 Å². The van der Waals surface area contributed by atoms with Gasteiger partial charge in [0, 0.05) is 23.0 Å². The van der Waals surface area contributed by atoms with Gasteiger partial charge in [0.05, 0.1) is 5.69 Å². The predicted octanol–water partition coefficient (Wildman–Crippen LogP) is 2.62. The molecule has 0 saturated carbocycles. The average Bonchev–Trinajstić information content (AvgIpc) is 2.78. The molecule has 2 amide bonds. The van der Waals surface area contributed by atoms with Gasteiger partial charge in [-0.1, -0.05) is 39.8 Å². The average molecular weight is 285 g/mol. The van der Waals surface area contributed by atoms with Gasteiger partial charge < -0.3 is 4.79 Å². The van der Waals surface area contributed by atoms with Gasteiger partial charge in [-0.25, -0.2) is 4.90 Å². The number of nitrogens with zero attached hydrogens (tertiary/aromatic N) is 1. The van der Waals surface area contributed by atoms with Crippen molar-refractivity contribution in [2.75, 3.05) is 4.90 Å². The van der Waals surface area contributed by atoms with Crippen LogP contribution >= 0.6 is 0 Å². The zero-order valence-electron chi connectivity index (χ0n) is 12.7. The maximum Gasteiger partial charge on any atom is 0.258 e. The molecule has 0 N–H and O–H groups in total. The number of aldehydes is 1. The van der Waals surface area contributed by atoms with Crippen molar-refractivity contribution in [3.63, 3.8) is 0 Å². The van der Waals surface area contributed by atoms with E-state index in [2.05, 4.69) is 0 Å². The second-order valence-corrected chi connectivity index (χ2v) is 6.36. The summed E-state index contributed by atoms with van der Waals surface area (Å²) in [5.41, 5.74) is 0.647. The fourth-order valence-corrected chi connectivity index (χ4v) is 2.20. The van der Waals surface area contributed by atoms with E-state index in [9.17, 15) is 14.4 Å². The van der Waals surface area contributed by atoms with Gasteiger partial charge in [0.2, 0.25) is 0 Å². The first-order chi connectivity index (χ1) is 9.70. The minimum Gasteiger partial charge on any atom is -0.303 e. The van der Waals surface area contributed by atoms with Crippen LogP contribution in [0.5, 0.6) is 0 Å². The molecule has 1 aliphatic heterocycles. The molecule has 21 heavy (non-hydrogen) atoms. The number of imide groups is 1. The molecule has 0 unspecified atom stereocenters. The quantitative estimate of drug-likeness (QED) is 0.631. The first-order valence-electron chi connectivity index (χ1n) is 6.84. The smallest absolute Gasteiger partial charge is 0.258 e. The first kappa shape index (κ1) is 15.2. The summed E-state index contributed by atoms with van der Waals surface area (Å²) in [7, 11) is 0. The maximum absolute atomic E-state index is 11.6. The third kappa shape index (κ3) is 2.42. The monoisotopic (exact) mass is 285 g/mol. The molecule has 0 atom stereocenters. The Morgan fingerprint density at radius 1 is 0.905 bits per heavy atom. The lowest BCUT2D eigenvalue weighted by molar-refractivity contribution is -0.120. The largest absolute Gasteiger partial charge is 0.303 e. The number of amides is 2. The Hall–Kier alpha value is -2.23. The summed E-state index contributed by atoms with van der Waals surface area (Å²) in [6.07, 6.45) is 3.48. The SMILES string of the molecule is CC(C)(C=O)C(C)(C)c1ccc(N2C(=O)C=CC2=O)cc1. The van der Waals surface area contributed by atoms with Gasteiger partial charge >= 0.3 is 0 Å². The van der Waals surface area contributed by atoms with Crippen molar-refractivity contribution < 1.29 is 14.4 Å². The number of hydrogen-bond donors (Lipinski definition) is 0. The van der Waals surface area contributed by atoms with Crippen LogP contribution in [-0.2, 0) is 19.8 Å². The van der Waals surface area contributed by atoms with Gasteiger partial charge in [-0.3, -0.25) is 9.59 Å². The van der Waals surface area contributed by atoms with E-state index >= 15 is 0 Å². The molecule has 0 saturated heterocycles. The van der Waals surface area contributed by atoms with E-state index in [1.54, 1.807) is 12.1 Å². The molecule has 0 radical (unpaired) electrons. The molecule has 1 aromatic carbocycles. The van der Waals surface area contributed by atoms with Crippen molar-refractivity contribution in [3.05, 3.63) is 42.0 Å². The van der Waals surface area contributed by atoms with Crippen LogP contribution in [0.1, 0.15) is 33.3 Å². The van der Waals surface area contributed by atoms with E-state index in [4.69, 9.17) is 0 Å². The molecule has 0 bridgehead atoms. The number of carbonyl (C=O) groups is 3. The van der Waals surface area contributed by atoms with E-state index < -0.39 is 5.41 Å². The topological polar surface area (TPSA) is 54.5 Å². The van der Waals surface area contributed by atoms with Crippen molar-refractivity contribution in [1.29, 1.82) is 0 Å². The maximum atomic E-state index is 11.6. The molecule has 0 spiro atoms. The van der Waals surface area contributed by atoms with Gasteiger partial charge in [0.1, 0.15) is 6.29 Å².